The summed E-state index contributed by atoms with van der Waals surface area (Å²) in [5, 5.41) is 9.12. The van der Waals surface area contributed by atoms with Crippen molar-refractivity contribution in [1.82, 2.24) is 9.97 Å². The average molecular weight is 335 g/mol. The molecule has 0 amide bonds. The Morgan fingerprint density at radius 1 is 0.769 bits per heavy atom. The van der Waals surface area contributed by atoms with Crippen LogP contribution in [-0.2, 0) is 0 Å². The van der Waals surface area contributed by atoms with E-state index in [0.717, 1.165) is 22.4 Å². The molecule has 2 aliphatic carbocycles. The Hall–Kier alpha value is -3.51. The molecule has 3 heteroatoms. The molecule has 2 aliphatic rings. The Labute approximate surface area is 152 Å². The first-order chi connectivity index (χ1) is 12.8. The van der Waals surface area contributed by atoms with Crippen molar-refractivity contribution in [3.8, 4) is 6.07 Å². The number of allylic oxidation sites excluding steroid dienone is 10. The molecule has 4 rings (SSSR count). The quantitative estimate of drug-likeness (QED) is 0.789. The van der Waals surface area contributed by atoms with Crippen LogP contribution in [0.2, 0.25) is 0 Å². The molecule has 0 radical (unpaired) electrons. The molecule has 1 aromatic carbocycles. The van der Waals surface area contributed by atoms with Crippen molar-refractivity contribution in [3.05, 3.63) is 95.9 Å². The summed E-state index contributed by atoms with van der Waals surface area (Å²) in [5.41, 5.74) is 3.76. The van der Waals surface area contributed by atoms with Crippen LogP contribution in [-0.4, -0.2) is 9.97 Å². The molecule has 1 aromatic heterocycles. The minimum Gasteiger partial charge on any atom is -0.245 e. The highest BCUT2D eigenvalue weighted by atomic mass is 14.8. The fourth-order valence-corrected chi connectivity index (χ4v) is 2.96. The highest BCUT2D eigenvalue weighted by molar-refractivity contribution is 5.79. The molecular formula is C23H17N3. The Bertz CT molecular complexity index is 1030. The molecule has 0 atom stereocenters. The number of hydrogen-bond acceptors (Lipinski definition) is 3. The van der Waals surface area contributed by atoms with Crippen LogP contribution in [0.1, 0.15) is 17.0 Å². The molecule has 0 spiro atoms. The minimum atomic E-state index is 0.287. The molecule has 124 valence electrons. The number of nitriles is 1. The van der Waals surface area contributed by atoms with Crippen LogP contribution in [0, 0.1) is 23.2 Å². The summed E-state index contributed by atoms with van der Waals surface area (Å²) in [6.07, 6.45) is 25.0. The lowest BCUT2D eigenvalue weighted by atomic mass is 10.1. The highest BCUT2D eigenvalue weighted by Crippen LogP contribution is 2.20. The second-order valence-electron chi connectivity index (χ2n) is 6.22. The van der Waals surface area contributed by atoms with E-state index in [0.29, 0.717) is 11.5 Å². The largest absolute Gasteiger partial charge is 0.245 e. The van der Waals surface area contributed by atoms with Crippen LogP contribution in [0.15, 0.2) is 79.0 Å². The van der Waals surface area contributed by atoms with Crippen molar-refractivity contribution in [2.75, 3.05) is 0 Å². The lowest BCUT2D eigenvalue weighted by molar-refractivity contribution is 1.09. The maximum Gasteiger partial charge on any atom is 0.0992 e. The van der Waals surface area contributed by atoms with Gasteiger partial charge in [0.1, 0.15) is 0 Å². The zero-order valence-electron chi connectivity index (χ0n) is 14.2. The van der Waals surface area contributed by atoms with E-state index in [-0.39, 0.29) is 5.92 Å². The van der Waals surface area contributed by atoms with E-state index in [2.05, 4.69) is 42.5 Å². The lowest BCUT2D eigenvalue weighted by Gasteiger charge is -2.05. The molecule has 0 saturated heterocycles. The number of nitrogens with zero attached hydrogens (tertiary/aromatic N) is 3. The van der Waals surface area contributed by atoms with Crippen LogP contribution in [0.25, 0.3) is 23.2 Å². The minimum absolute atomic E-state index is 0.287. The molecule has 2 aromatic rings. The van der Waals surface area contributed by atoms with E-state index in [1.54, 1.807) is 12.1 Å². The Kier molecular flexibility index (Phi) is 4.40. The van der Waals surface area contributed by atoms with Gasteiger partial charge in [0.05, 0.1) is 34.1 Å². The summed E-state index contributed by atoms with van der Waals surface area (Å²) in [6.45, 7) is 0. The third-order valence-corrected chi connectivity index (χ3v) is 4.36. The average Bonchev–Trinajstić information content (AvgIpc) is 3.37. The van der Waals surface area contributed by atoms with Crippen LogP contribution in [0.5, 0.6) is 0 Å². The van der Waals surface area contributed by atoms with E-state index in [4.69, 9.17) is 15.2 Å². The molecule has 0 fully saturated rings. The van der Waals surface area contributed by atoms with E-state index in [1.165, 1.54) is 0 Å². The van der Waals surface area contributed by atoms with Gasteiger partial charge in [-0.1, -0.05) is 60.8 Å². The summed E-state index contributed by atoms with van der Waals surface area (Å²) < 4.78 is 0. The number of aromatic nitrogens is 2. The lowest BCUT2D eigenvalue weighted by Crippen LogP contribution is -1.96. The van der Waals surface area contributed by atoms with E-state index < -0.39 is 0 Å². The number of hydrogen-bond donors (Lipinski definition) is 0. The number of rotatable bonds is 4. The summed E-state index contributed by atoms with van der Waals surface area (Å²) in [5.74, 6) is 0.585. The SMILES string of the molecule is N#Cc1ccc2nc(/C=C/C3C=CC=C3)c(/C=C/C3C=CC=C3)nc2c1. The second kappa shape index (κ2) is 7.16. The molecule has 0 bridgehead atoms. The molecule has 3 nitrogen and oxygen atoms in total. The van der Waals surface area contributed by atoms with Gasteiger partial charge in [-0.05, 0) is 30.4 Å². The summed E-state index contributed by atoms with van der Waals surface area (Å²) in [7, 11) is 0. The van der Waals surface area contributed by atoms with Gasteiger partial charge in [-0.15, -0.1) is 0 Å². The van der Waals surface area contributed by atoms with Gasteiger partial charge in [0, 0.05) is 11.8 Å². The zero-order valence-corrected chi connectivity index (χ0v) is 14.2. The molecular weight excluding hydrogens is 318 g/mol. The third kappa shape index (κ3) is 3.45. The molecule has 0 aliphatic heterocycles. The molecule has 26 heavy (non-hydrogen) atoms. The fraction of sp³-hybridized carbons (Fsp3) is 0.0870. The fourth-order valence-electron chi connectivity index (χ4n) is 2.96. The number of benzene rings is 1. The smallest absolute Gasteiger partial charge is 0.0992 e. The van der Waals surface area contributed by atoms with Gasteiger partial charge in [0.15, 0.2) is 0 Å². The van der Waals surface area contributed by atoms with Crippen molar-refractivity contribution in [1.29, 1.82) is 5.26 Å². The molecule has 0 saturated carbocycles. The summed E-state index contributed by atoms with van der Waals surface area (Å²) in [6, 6.07) is 7.57. The van der Waals surface area contributed by atoms with Crippen LogP contribution >= 0.6 is 0 Å². The van der Waals surface area contributed by atoms with Crippen molar-refractivity contribution in [3.63, 3.8) is 0 Å². The summed E-state index contributed by atoms with van der Waals surface area (Å²) >= 11 is 0. The maximum atomic E-state index is 9.12. The van der Waals surface area contributed by atoms with Crippen molar-refractivity contribution < 1.29 is 0 Å². The first-order valence-corrected chi connectivity index (χ1v) is 8.60. The van der Waals surface area contributed by atoms with Crippen molar-refractivity contribution in [2.45, 2.75) is 0 Å². The topological polar surface area (TPSA) is 49.6 Å². The van der Waals surface area contributed by atoms with Gasteiger partial charge in [-0.3, -0.25) is 0 Å². The van der Waals surface area contributed by atoms with Gasteiger partial charge in [-0.2, -0.15) is 5.26 Å². The predicted octanol–water partition coefficient (Wildman–Crippen LogP) is 5.01. The molecule has 1 heterocycles. The van der Waals surface area contributed by atoms with Crippen molar-refractivity contribution >= 4 is 23.2 Å². The Morgan fingerprint density at radius 3 is 1.85 bits per heavy atom. The first-order valence-electron chi connectivity index (χ1n) is 8.60. The normalized spacial score (nSPS) is 16.7. The van der Waals surface area contributed by atoms with Gasteiger partial charge in [0.2, 0.25) is 0 Å². The monoisotopic (exact) mass is 335 g/mol. The Morgan fingerprint density at radius 2 is 1.31 bits per heavy atom. The van der Waals surface area contributed by atoms with Gasteiger partial charge >= 0.3 is 0 Å². The van der Waals surface area contributed by atoms with E-state index >= 15 is 0 Å². The number of fused-ring (bicyclic) bond motifs is 1. The highest BCUT2D eigenvalue weighted by Gasteiger charge is 2.08. The zero-order chi connectivity index (χ0) is 17.8. The molecule has 0 N–H and O–H groups in total. The van der Waals surface area contributed by atoms with Crippen LogP contribution < -0.4 is 0 Å². The second-order valence-corrected chi connectivity index (χ2v) is 6.22. The first kappa shape index (κ1) is 16.0. The van der Waals surface area contributed by atoms with E-state index in [9.17, 15) is 0 Å². The Balaban J connectivity index is 1.75. The van der Waals surface area contributed by atoms with Crippen LogP contribution in [0.3, 0.4) is 0 Å². The van der Waals surface area contributed by atoms with E-state index in [1.807, 2.05) is 42.5 Å². The molecule has 0 unspecified atom stereocenters. The predicted molar refractivity (Wildman–Crippen MR) is 106 cm³/mol. The van der Waals surface area contributed by atoms with Gasteiger partial charge in [0.25, 0.3) is 0 Å². The van der Waals surface area contributed by atoms with Gasteiger partial charge in [-0.25, -0.2) is 9.97 Å². The van der Waals surface area contributed by atoms with Crippen LogP contribution in [0.4, 0.5) is 0 Å². The maximum absolute atomic E-state index is 9.12. The van der Waals surface area contributed by atoms with Gasteiger partial charge < -0.3 is 0 Å². The summed E-state index contributed by atoms with van der Waals surface area (Å²) in [4.78, 5) is 9.52. The third-order valence-electron chi connectivity index (χ3n) is 4.36. The standard InChI is InChI=1S/C23H17N3/c24-16-19-11-14-22-23(15-19)26-21(13-10-18-7-3-4-8-18)20(25-22)12-9-17-5-1-2-6-17/h1-15,17-18H/b12-9+,13-10+. The van der Waals surface area contributed by atoms with Crippen molar-refractivity contribution in [2.24, 2.45) is 11.8 Å².